The molecule has 7 heteroatoms. The summed E-state index contributed by atoms with van der Waals surface area (Å²) in [7, 11) is 1.90. The molecule has 0 saturated carbocycles. The fraction of sp³-hybridized carbons (Fsp3) is 0.667. The van der Waals surface area contributed by atoms with Crippen LogP contribution in [-0.2, 0) is 18.3 Å². The van der Waals surface area contributed by atoms with Crippen molar-refractivity contribution < 1.29 is 9.53 Å². The third-order valence-corrected chi connectivity index (χ3v) is 3.64. The van der Waals surface area contributed by atoms with Crippen LogP contribution < -0.4 is 0 Å². The minimum Gasteiger partial charge on any atom is -0.450 e. The van der Waals surface area contributed by atoms with Crippen LogP contribution >= 0.6 is 11.6 Å². The van der Waals surface area contributed by atoms with E-state index in [1.807, 2.05) is 18.5 Å². The molecular formula is C12H19ClN4O2. The van der Waals surface area contributed by atoms with Crippen molar-refractivity contribution in [2.24, 2.45) is 7.05 Å². The molecule has 0 bridgehead atoms. The van der Waals surface area contributed by atoms with E-state index in [0.29, 0.717) is 24.8 Å². The molecule has 0 atom stereocenters. The number of halogens is 1. The summed E-state index contributed by atoms with van der Waals surface area (Å²) in [6.07, 6.45) is 1.44. The van der Waals surface area contributed by atoms with Crippen LogP contribution in [0.15, 0.2) is 6.20 Å². The Morgan fingerprint density at radius 2 is 2.11 bits per heavy atom. The molecule has 2 heterocycles. The Morgan fingerprint density at radius 3 is 2.63 bits per heavy atom. The molecule has 0 aliphatic carbocycles. The van der Waals surface area contributed by atoms with Gasteiger partial charge in [0.05, 0.1) is 19.3 Å². The van der Waals surface area contributed by atoms with Crippen molar-refractivity contribution in [2.75, 3.05) is 32.8 Å². The highest BCUT2D eigenvalue weighted by atomic mass is 35.5. The third kappa shape index (κ3) is 3.39. The lowest BCUT2D eigenvalue weighted by atomic mass is 10.3. The molecule has 6 nitrogen and oxygen atoms in total. The molecule has 1 aliphatic heterocycles. The first-order valence-electron chi connectivity index (χ1n) is 6.42. The predicted molar refractivity (Wildman–Crippen MR) is 72.1 cm³/mol. The monoisotopic (exact) mass is 286 g/mol. The molecule has 1 fully saturated rings. The van der Waals surface area contributed by atoms with Gasteiger partial charge in [0.1, 0.15) is 11.0 Å². The number of amides is 1. The highest BCUT2D eigenvalue weighted by Gasteiger charge is 2.22. The number of carbonyl (C=O) groups excluding carboxylic acids is 1. The molecular weight excluding hydrogens is 268 g/mol. The Kier molecular flexibility index (Phi) is 4.66. The van der Waals surface area contributed by atoms with Crippen molar-refractivity contribution in [1.82, 2.24) is 19.4 Å². The number of carbonyl (C=O) groups is 1. The fourth-order valence-corrected chi connectivity index (χ4v) is 2.22. The van der Waals surface area contributed by atoms with Gasteiger partial charge >= 0.3 is 6.09 Å². The van der Waals surface area contributed by atoms with Gasteiger partial charge < -0.3 is 14.2 Å². The van der Waals surface area contributed by atoms with Gasteiger partial charge in [0.2, 0.25) is 0 Å². The van der Waals surface area contributed by atoms with E-state index in [9.17, 15) is 4.79 Å². The van der Waals surface area contributed by atoms with Gasteiger partial charge in [-0.2, -0.15) is 0 Å². The van der Waals surface area contributed by atoms with E-state index in [2.05, 4.69) is 9.88 Å². The topological polar surface area (TPSA) is 50.6 Å². The fourth-order valence-electron chi connectivity index (χ4n) is 2.07. The SMILES string of the molecule is CCOC(=O)N1CCN(Cc2ncc(Cl)n2C)CC1. The lowest BCUT2D eigenvalue weighted by Gasteiger charge is -2.33. The number of hydrogen-bond acceptors (Lipinski definition) is 4. The first-order valence-corrected chi connectivity index (χ1v) is 6.79. The van der Waals surface area contributed by atoms with Crippen molar-refractivity contribution in [1.29, 1.82) is 0 Å². The van der Waals surface area contributed by atoms with Gasteiger partial charge in [0, 0.05) is 33.2 Å². The first kappa shape index (κ1) is 14.1. The third-order valence-electron chi connectivity index (χ3n) is 3.29. The Morgan fingerprint density at radius 1 is 1.42 bits per heavy atom. The molecule has 0 spiro atoms. The van der Waals surface area contributed by atoms with Crippen LogP contribution in [0.25, 0.3) is 0 Å². The Bertz CT molecular complexity index is 441. The van der Waals surface area contributed by atoms with Crippen LogP contribution in [0.3, 0.4) is 0 Å². The van der Waals surface area contributed by atoms with Gasteiger partial charge in [-0.3, -0.25) is 4.90 Å². The number of rotatable bonds is 3. The summed E-state index contributed by atoms with van der Waals surface area (Å²) >= 11 is 5.96. The van der Waals surface area contributed by atoms with Crippen molar-refractivity contribution in [2.45, 2.75) is 13.5 Å². The summed E-state index contributed by atoms with van der Waals surface area (Å²) in [5, 5.41) is 0.639. The molecule has 106 valence electrons. The van der Waals surface area contributed by atoms with Crippen molar-refractivity contribution in [3.05, 3.63) is 17.2 Å². The van der Waals surface area contributed by atoms with Gasteiger partial charge in [-0.1, -0.05) is 11.6 Å². The largest absolute Gasteiger partial charge is 0.450 e. The molecule has 1 saturated heterocycles. The van der Waals surface area contributed by atoms with Gasteiger partial charge in [-0.25, -0.2) is 9.78 Å². The van der Waals surface area contributed by atoms with Crippen molar-refractivity contribution in [3.63, 3.8) is 0 Å². The van der Waals surface area contributed by atoms with E-state index >= 15 is 0 Å². The summed E-state index contributed by atoms with van der Waals surface area (Å²) in [6.45, 7) is 6.02. The molecule has 0 radical (unpaired) electrons. The van der Waals surface area contributed by atoms with Crippen LogP contribution in [0.1, 0.15) is 12.7 Å². The first-order chi connectivity index (χ1) is 9.11. The van der Waals surface area contributed by atoms with Crippen LogP contribution in [0.4, 0.5) is 4.79 Å². The number of hydrogen-bond donors (Lipinski definition) is 0. The van der Waals surface area contributed by atoms with Gasteiger partial charge in [-0.05, 0) is 6.92 Å². The van der Waals surface area contributed by atoms with Gasteiger partial charge in [0.25, 0.3) is 0 Å². The minimum absolute atomic E-state index is 0.220. The molecule has 1 amide bonds. The maximum absolute atomic E-state index is 11.6. The molecule has 0 unspecified atom stereocenters. The second-order valence-electron chi connectivity index (χ2n) is 4.52. The van der Waals surface area contributed by atoms with E-state index in [-0.39, 0.29) is 6.09 Å². The second kappa shape index (κ2) is 6.25. The van der Waals surface area contributed by atoms with Crippen LogP contribution in [0.2, 0.25) is 5.15 Å². The van der Waals surface area contributed by atoms with Crippen LogP contribution in [-0.4, -0.2) is 58.2 Å². The van der Waals surface area contributed by atoms with Crippen LogP contribution in [0, 0.1) is 0 Å². The number of piperazine rings is 1. The number of ether oxygens (including phenoxy) is 1. The highest BCUT2D eigenvalue weighted by Crippen LogP contribution is 2.12. The molecule has 0 N–H and O–H groups in total. The summed E-state index contributed by atoms with van der Waals surface area (Å²) in [6, 6.07) is 0. The molecule has 1 aromatic rings. The Hall–Kier alpha value is -1.27. The van der Waals surface area contributed by atoms with Crippen molar-refractivity contribution >= 4 is 17.7 Å². The lowest BCUT2D eigenvalue weighted by Crippen LogP contribution is -2.48. The second-order valence-corrected chi connectivity index (χ2v) is 4.91. The zero-order valence-electron chi connectivity index (χ0n) is 11.3. The molecule has 19 heavy (non-hydrogen) atoms. The maximum atomic E-state index is 11.6. The zero-order valence-corrected chi connectivity index (χ0v) is 12.1. The Labute approximate surface area is 117 Å². The summed E-state index contributed by atoms with van der Waals surface area (Å²) < 4.78 is 6.87. The average molecular weight is 287 g/mol. The summed E-state index contributed by atoms with van der Waals surface area (Å²) in [5.41, 5.74) is 0. The normalized spacial score (nSPS) is 16.7. The number of nitrogens with zero attached hydrogens (tertiary/aromatic N) is 4. The number of aromatic nitrogens is 2. The molecule has 1 aromatic heterocycles. The highest BCUT2D eigenvalue weighted by molar-refractivity contribution is 6.29. The maximum Gasteiger partial charge on any atom is 0.409 e. The summed E-state index contributed by atoms with van der Waals surface area (Å²) in [5.74, 6) is 0.939. The summed E-state index contributed by atoms with van der Waals surface area (Å²) in [4.78, 5) is 19.8. The smallest absolute Gasteiger partial charge is 0.409 e. The van der Waals surface area contributed by atoms with Crippen LogP contribution in [0.5, 0.6) is 0 Å². The van der Waals surface area contributed by atoms with Gasteiger partial charge in [-0.15, -0.1) is 0 Å². The van der Waals surface area contributed by atoms with E-state index in [1.165, 1.54) is 0 Å². The lowest BCUT2D eigenvalue weighted by molar-refractivity contribution is 0.0769. The van der Waals surface area contributed by atoms with Gasteiger partial charge in [0.15, 0.2) is 0 Å². The Balaban J connectivity index is 1.83. The molecule has 0 aromatic carbocycles. The van der Waals surface area contributed by atoms with E-state index in [4.69, 9.17) is 16.3 Å². The zero-order chi connectivity index (χ0) is 13.8. The van der Waals surface area contributed by atoms with E-state index < -0.39 is 0 Å². The van der Waals surface area contributed by atoms with E-state index in [0.717, 1.165) is 25.5 Å². The quantitative estimate of drug-likeness (QED) is 0.842. The predicted octanol–water partition coefficient (Wildman–Crippen LogP) is 1.35. The van der Waals surface area contributed by atoms with Crippen molar-refractivity contribution in [3.8, 4) is 0 Å². The molecule has 1 aliphatic rings. The minimum atomic E-state index is -0.220. The molecule has 2 rings (SSSR count). The number of imidazole rings is 1. The average Bonchev–Trinajstić information content (AvgIpc) is 2.72. The standard InChI is InChI=1S/C12H19ClN4O2/c1-3-19-12(18)17-6-4-16(5-7-17)9-11-14-8-10(13)15(11)2/h8H,3-7,9H2,1-2H3. The van der Waals surface area contributed by atoms with E-state index in [1.54, 1.807) is 11.1 Å².